The Kier molecular flexibility index (Phi) is 15.2. The van der Waals surface area contributed by atoms with E-state index in [1.165, 1.54) is 11.1 Å². The minimum atomic E-state index is -0.607. The Labute approximate surface area is 171 Å². The summed E-state index contributed by atoms with van der Waals surface area (Å²) in [5, 5.41) is 0.453. The Morgan fingerprint density at radius 2 is 1.48 bits per heavy atom. The molecule has 2 rings (SSSR count). The second kappa shape index (κ2) is 12.5. The van der Waals surface area contributed by atoms with Crippen molar-refractivity contribution in [1.29, 1.82) is 0 Å². The number of hydrogen-bond acceptors (Lipinski definition) is 0. The van der Waals surface area contributed by atoms with Crippen molar-refractivity contribution in [2.75, 3.05) is 0 Å². The fraction of sp³-hybridized carbons (Fsp3) is 0.444. The molecular formula is C18H28Cl2NSiTi. The molecule has 1 N–H and O–H groups in total. The van der Waals surface area contributed by atoms with Gasteiger partial charge in [0.2, 0.25) is 0 Å². The first-order valence-corrected chi connectivity index (χ1v) is 10.3. The summed E-state index contributed by atoms with van der Waals surface area (Å²) in [6, 6.07) is 9.76. The second-order valence-electron chi connectivity index (χ2n) is 6.18. The molecular weight excluding hydrogens is 377 g/mol. The van der Waals surface area contributed by atoms with Gasteiger partial charge in [0.1, 0.15) is 0 Å². The normalized spacial score (nSPS) is 18.9. The van der Waals surface area contributed by atoms with Crippen molar-refractivity contribution >= 4 is 8.80 Å². The quantitative estimate of drug-likeness (QED) is 0.608. The van der Waals surface area contributed by atoms with Crippen LogP contribution in [0, 0.1) is 0 Å². The number of rotatable bonds is 2. The minimum absolute atomic E-state index is 0. The Morgan fingerprint density at radius 3 is 1.70 bits per heavy atom. The number of benzene rings is 1. The fourth-order valence-corrected chi connectivity index (χ4v) is 4.23. The first-order chi connectivity index (χ1) is 9.32. The predicted molar refractivity (Wildman–Crippen MR) is 93.8 cm³/mol. The summed E-state index contributed by atoms with van der Waals surface area (Å²) in [6.45, 7) is 14.5. The molecule has 1 nitrogen and oxygen atoms in total. The zero-order chi connectivity index (χ0) is 15.3. The van der Waals surface area contributed by atoms with Crippen molar-refractivity contribution in [3.63, 3.8) is 0 Å². The van der Waals surface area contributed by atoms with Gasteiger partial charge in [-0.1, -0.05) is 73.1 Å². The van der Waals surface area contributed by atoms with Crippen molar-refractivity contribution in [3.8, 4) is 0 Å². The van der Waals surface area contributed by atoms with Crippen LogP contribution in [0.25, 0.3) is 5.73 Å². The van der Waals surface area contributed by atoms with Crippen LogP contribution in [-0.2, 0) is 28.3 Å². The molecule has 127 valence electrons. The van der Waals surface area contributed by atoms with Gasteiger partial charge >= 0.3 is 21.7 Å². The number of halogens is 2. The minimum Gasteiger partial charge on any atom is -1.00 e. The Bertz CT molecular complexity index is 515. The average Bonchev–Trinajstić information content (AvgIpc) is 2.65. The molecule has 5 heteroatoms. The molecule has 0 amide bonds. The zero-order valence-electron chi connectivity index (χ0n) is 15.0. The summed E-state index contributed by atoms with van der Waals surface area (Å²) in [6.07, 6.45) is 2.48. The molecule has 1 unspecified atom stereocenters. The van der Waals surface area contributed by atoms with E-state index in [2.05, 4.69) is 46.9 Å². The van der Waals surface area contributed by atoms with Gasteiger partial charge in [0.15, 0.2) is 0 Å². The maximum absolute atomic E-state index is 6.94. The molecule has 0 aromatic heterocycles. The van der Waals surface area contributed by atoms with Gasteiger partial charge in [-0.05, 0) is 31.4 Å². The van der Waals surface area contributed by atoms with E-state index in [0.29, 0.717) is 11.6 Å². The van der Waals surface area contributed by atoms with Crippen molar-refractivity contribution in [2.45, 2.75) is 52.4 Å². The van der Waals surface area contributed by atoms with Gasteiger partial charge in [0.05, 0.1) is 0 Å². The van der Waals surface area contributed by atoms with E-state index in [1.54, 1.807) is 5.57 Å². The fourth-order valence-electron chi connectivity index (χ4n) is 2.56. The maximum atomic E-state index is 6.94. The summed E-state index contributed by atoms with van der Waals surface area (Å²) in [5.41, 5.74) is 12.7. The van der Waals surface area contributed by atoms with Gasteiger partial charge in [-0.2, -0.15) is 0 Å². The van der Waals surface area contributed by atoms with E-state index < -0.39 is 8.80 Å². The van der Waals surface area contributed by atoms with Crippen LogP contribution in [0.2, 0.25) is 18.1 Å². The SMILES string of the molecule is CC1=CC(C)([SiH](C)C)C(C)=C1C.[Cl-].[Cl-].[NH-]Cc1ccccc1.[Ti+3]. The van der Waals surface area contributed by atoms with Crippen LogP contribution in [0.4, 0.5) is 0 Å². The van der Waals surface area contributed by atoms with Gasteiger partial charge in [0.25, 0.3) is 0 Å². The van der Waals surface area contributed by atoms with Gasteiger partial charge in [-0.15, -0.1) is 6.54 Å². The van der Waals surface area contributed by atoms with Crippen LogP contribution >= 0.6 is 0 Å². The van der Waals surface area contributed by atoms with E-state index >= 15 is 0 Å². The summed E-state index contributed by atoms with van der Waals surface area (Å²) >= 11 is 0. The molecule has 0 aliphatic heterocycles. The standard InChI is InChI=1S/C11H20Si.C7H8N.2ClH.Ti/c1-8-7-11(4,12(5)6)10(3)9(8)2;8-6-7-4-2-1-3-5-7;;;/h7,12H,1-6H3;1-5,8H,6H2;2*1H;/q;-1;;;+3/p-2. The molecule has 0 fully saturated rings. The smallest absolute Gasteiger partial charge is 1.00 e. The molecule has 0 bridgehead atoms. The van der Waals surface area contributed by atoms with Crippen LogP contribution in [0.15, 0.2) is 53.1 Å². The number of nitrogens with one attached hydrogen (secondary N) is 1. The molecule has 0 heterocycles. The van der Waals surface area contributed by atoms with Crippen molar-refractivity contribution < 1.29 is 46.5 Å². The van der Waals surface area contributed by atoms with Crippen molar-refractivity contribution in [2.24, 2.45) is 0 Å². The molecule has 1 aromatic carbocycles. The monoisotopic (exact) mass is 404 g/mol. The number of hydrogen-bond donors (Lipinski definition) is 0. The van der Waals surface area contributed by atoms with Crippen LogP contribution in [0.5, 0.6) is 0 Å². The second-order valence-corrected chi connectivity index (χ2v) is 9.69. The van der Waals surface area contributed by atoms with E-state index in [4.69, 9.17) is 5.73 Å². The third-order valence-corrected chi connectivity index (χ3v) is 7.72. The van der Waals surface area contributed by atoms with Crippen molar-refractivity contribution in [3.05, 3.63) is 64.4 Å². The van der Waals surface area contributed by atoms with E-state index in [1.807, 2.05) is 30.3 Å². The van der Waals surface area contributed by atoms with Gasteiger partial charge in [-0.25, -0.2) is 0 Å². The third-order valence-electron chi connectivity index (χ3n) is 4.72. The topological polar surface area (TPSA) is 23.8 Å². The maximum Gasteiger partial charge on any atom is 3.00 e. The molecule has 1 aliphatic rings. The van der Waals surface area contributed by atoms with E-state index in [-0.39, 0.29) is 46.5 Å². The first kappa shape index (κ1) is 28.0. The Hall–Kier alpha value is 0.171. The zero-order valence-corrected chi connectivity index (χ0v) is 19.2. The van der Waals surface area contributed by atoms with Gasteiger partial charge in [-0.3, -0.25) is 0 Å². The summed E-state index contributed by atoms with van der Waals surface area (Å²) in [5.74, 6) is 0. The molecule has 1 atom stereocenters. The van der Waals surface area contributed by atoms with Gasteiger partial charge < -0.3 is 30.5 Å². The van der Waals surface area contributed by atoms with Crippen LogP contribution in [0.3, 0.4) is 0 Å². The van der Waals surface area contributed by atoms with Gasteiger partial charge in [0, 0.05) is 8.80 Å². The molecule has 1 aliphatic carbocycles. The molecule has 1 aromatic rings. The summed E-state index contributed by atoms with van der Waals surface area (Å²) < 4.78 is 0. The van der Waals surface area contributed by atoms with E-state index in [9.17, 15) is 0 Å². The van der Waals surface area contributed by atoms with Crippen LogP contribution in [0.1, 0.15) is 33.3 Å². The Morgan fingerprint density at radius 1 is 1.00 bits per heavy atom. The predicted octanol–water partition coefficient (Wildman–Crippen LogP) is -0.226. The molecule has 1 radical (unpaired) electrons. The third kappa shape index (κ3) is 7.29. The molecule has 0 saturated carbocycles. The van der Waals surface area contributed by atoms with Crippen LogP contribution in [-0.4, -0.2) is 8.80 Å². The van der Waals surface area contributed by atoms with Crippen molar-refractivity contribution in [1.82, 2.24) is 0 Å². The average molecular weight is 405 g/mol. The molecule has 23 heavy (non-hydrogen) atoms. The summed E-state index contributed by atoms with van der Waals surface area (Å²) in [4.78, 5) is 0. The first-order valence-electron chi connectivity index (χ1n) is 7.39. The summed E-state index contributed by atoms with van der Waals surface area (Å²) in [7, 11) is -0.607. The van der Waals surface area contributed by atoms with E-state index in [0.717, 1.165) is 5.56 Å². The molecule has 0 saturated heterocycles. The molecule has 0 spiro atoms. The number of allylic oxidation sites excluding steroid dienone is 4. The largest absolute Gasteiger partial charge is 3.00 e. The van der Waals surface area contributed by atoms with Crippen LogP contribution < -0.4 is 24.8 Å². The Balaban J connectivity index is -0.000000325.